The molecule has 4 heterocycles. The second-order valence-electron chi connectivity index (χ2n) is 7.56. The maximum absolute atomic E-state index is 12.5. The fraction of sp³-hybridized carbons (Fsp3) is 0.529. The van der Waals surface area contributed by atoms with Gasteiger partial charge in [-0.05, 0) is 25.1 Å². The lowest BCUT2D eigenvalue weighted by molar-refractivity contribution is 0.208. The number of rotatable bonds is 2. The van der Waals surface area contributed by atoms with Gasteiger partial charge in [0.05, 0.1) is 11.9 Å². The monoisotopic (exact) mass is 341 g/mol. The van der Waals surface area contributed by atoms with Crippen LogP contribution in [0.1, 0.15) is 6.92 Å². The van der Waals surface area contributed by atoms with Crippen molar-refractivity contribution in [2.24, 2.45) is 18.4 Å². The van der Waals surface area contributed by atoms with Crippen LogP contribution in [0.4, 0.5) is 10.6 Å². The van der Waals surface area contributed by atoms with E-state index in [1.165, 1.54) is 0 Å². The van der Waals surface area contributed by atoms with Gasteiger partial charge in [0, 0.05) is 50.4 Å². The predicted molar refractivity (Wildman–Crippen MR) is 93.9 cm³/mol. The van der Waals surface area contributed by atoms with Crippen molar-refractivity contribution in [1.82, 2.24) is 29.8 Å². The average Bonchev–Trinajstić information content (AvgIpc) is 3.19. The lowest BCUT2D eigenvalue weighted by Gasteiger charge is -2.23. The molecule has 0 radical (unpaired) electrons. The van der Waals surface area contributed by atoms with Gasteiger partial charge in [-0.15, -0.1) is 10.2 Å². The van der Waals surface area contributed by atoms with Gasteiger partial charge in [0.25, 0.3) is 0 Å². The molecule has 2 aromatic rings. The van der Waals surface area contributed by atoms with Gasteiger partial charge in [0.15, 0.2) is 5.82 Å². The highest BCUT2D eigenvalue weighted by Crippen LogP contribution is 2.41. The summed E-state index contributed by atoms with van der Waals surface area (Å²) in [6, 6.07) is 3.52. The van der Waals surface area contributed by atoms with Crippen molar-refractivity contribution in [1.29, 1.82) is 0 Å². The van der Waals surface area contributed by atoms with Crippen molar-refractivity contribution >= 4 is 11.8 Å². The summed E-state index contributed by atoms with van der Waals surface area (Å²) in [4.78, 5) is 16.8. The summed E-state index contributed by atoms with van der Waals surface area (Å²) < 4.78 is 1.72. The van der Waals surface area contributed by atoms with Crippen LogP contribution >= 0.6 is 0 Å². The molecule has 2 aliphatic rings. The third-order valence-corrected chi connectivity index (χ3v) is 5.33. The van der Waals surface area contributed by atoms with Crippen LogP contribution in [-0.2, 0) is 7.05 Å². The molecule has 0 saturated carbocycles. The third kappa shape index (κ3) is 2.97. The molecule has 2 saturated heterocycles. The fourth-order valence-corrected chi connectivity index (χ4v) is 4.08. The molecule has 8 nitrogen and oxygen atoms in total. The highest BCUT2D eigenvalue weighted by Gasteiger charge is 2.49. The van der Waals surface area contributed by atoms with Crippen LogP contribution in [0.25, 0.3) is 11.3 Å². The predicted octanol–water partition coefficient (Wildman–Crippen LogP) is 1.29. The van der Waals surface area contributed by atoms with Gasteiger partial charge in [-0.3, -0.25) is 10.00 Å². The molecule has 8 heteroatoms. The van der Waals surface area contributed by atoms with Gasteiger partial charge < -0.3 is 9.80 Å². The number of nitrogens with one attached hydrogen (secondary N) is 1. The smallest absolute Gasteiger partial charge is 0.323 e. The molecule has 2 aromatic heterocycles. The zero-order chi connectivity index (χ0) is 17.6. The van der Waals surface area contributed by atoms with Gasteiger partial charge in [0.2, 0.25) is 0 Å². The molecule has 0 bridgehead atoms. The van der Waals surface area contributed by atoms with Crippen LogP contribution in [0.3, 0.4) is 0 Å². The number of urea groups is 1. The summed E-state index contributed by atoms with van der Waals surface area (Å²) in [5.41, 5.74) is 1.83. The molecule has 0 aromatic carbocycles. The molecule has 132 valence electrons. The van der Waals surface area contributed by atoms with E-state index in [2.05, 4.69) is 39.5 Å². The minimum atomic E-state index is -0.0956. The highest BCUT2D eigenvalue weighted by atomic mass is 16.2. The minimum Gasteiger partial charge on any atom is -0.324 e. The summed E-state index contributed by atoms with van der Waals surface area (Å²) in [6.45, 7) is 5.96. The van der Waals surface area contributed by atoms with Crippen LogP contribution in [-0.4, -0.2) is 69.0 Å². The van der Waals surface area contributed by atoms with Crippen molar-refractivity contribution in [2.45, 2.75) is 6.92 Å². The summed E-state index contributed by atoms with van der Waals surface area (Å²) in [6.07, 6.45) is 3.62. The molecule has 2 amide bonds. The Kier molecular flexibility index (Phi) is 3.72. The summed E-state index contributed by atoms with van der Waals surface area (Å²) in [5, 5.41) is 15.3. The molecule has 2 fully saturated rings. The standard InChI is InChI=1S/C17H23N7O/c1-17-10-22(2)8-13(17)9-24(11-17)16(25)19-15-5-4-14(20-21-15)12-6-18-23(3)7-12/h4-7,13H,8-11H2,1-3H3,(H,19,21,25)/t13-,17+/m1/s1. The normalized spacial score (nSPS) is 26.0. The van der Waals surface area contributed by atoms with Crippen molar-refractivity contribution < 1.29 is 4.79 Å². The number of likely N-dealkylation sites (tertiary alicyclic amines) is 2. The Bertz CT molecular complexity index is 787. The van der Waals surface area contributed by atoms with Crippen LogP contribution in [0, 0.1) is 11.3 Å². The van der Waals surface area contributed by atoms with Gasteiger partial charge in [-0.1, -0.05) is 6.92 Å². The fourth-order valence-electron chi connectivity index (χ4n) is 4.08. The second-order valence-corrected chi connectivity index (χ2v) is 7.56. The molecule has 2 atom stereocenters. The van der Waals surface area contributed by atoms with Crippen LogP contribution in [0.2, 0.25) is 0 Å². The van der Waals surface area contributed by atoms with E-state index in [1.54, 1.807) is 16.9 Å². The number of amides is 2. The Balaban J connectivity index is 1.40. The van der Waals surface area contributed by atoms with Crippen molar-refractivity contribution in [3.05, 3.63) is 24.5 Å². The molecule has 25 heavy (non-hydrogen) atoms. The maximum Gasteiger partial charge on any atom is 0.323 e. The van der Waals surface area contributed by atoms with E-state index in [0.717, 1.165) is 37.4 Å². The Morgan fingerprint density at radius 1 is 1.24 bits per heavy atom. The maximum atomic E-state index is 12.5. The van der Waals surface area contributed by atoms with Crippen molar-refractivity contribution in [3.8, 4) is 11.3 Å². The van der Waals surface area contributed by atoms with E-state index in [0.29, 0.717) is 11.7 Å². The average molecular weight is 341 g/mol. The molecule has 1 N–H and O–H groups in total. The van der Waals surface area contributed by atoms with Crippen LogP contribution in [0.5, 0.6) is 0 Å². The number of carbonyl (C=O) groups is 1. The first-order valence-electron chi connectivity index (χ1n) is 8.50. The first-order chi connectivity index (χ1) is 11.9. The van der Waals surface area contributed by atoms with Crippen LogP contribution < -0.4 is 5.32 Å². The number of hydrogen-bond acceptors (Lipinski definition) is 5. The number of anilines is 1. The molecular formula is C17H23N7O. The Hall–Kier alpha value is -2.48. The van der Waals surface area contributed by atoms with Gasteiger partial charge >= 0.3 is 6.03 Å². The summed E-state index contributed by atoms with van der Waals surface area (Å²) in [7, 11) is 4.00. The number of nitrogens with zero attached hydrogens (tertiary/aromatic N) is 6. The molecule has 0 unspecified atom stereocenters. The first kappa shape index (κ1) is 16.0. The number of carbonyl (C=O) groups excluding carboxylic acids is 1. The number of aryl methyl sites for hydroxylation is 1. The topological polar surface area (TPSA) is 79.2 Å². The molecule has 4 rings (SSSR count). The van der Waals surface area contributed by atoms with E-state index in [4.69, 9.17) is 0 Å². The van der Waals surface area contributed by atoms with E-state index in [-0.39, 0.29) is 11.4 Å². The number of hydrogen-bond donors (Lipinski definition) is 1. The van der Waals surface area contributed by atoms with Gasteiger partial charge in [-0.2, -0.15) is 5.10 Å². The second kappa shape index (κ2) is 5.80. The van der Waals surface area contributed by atoms with Crippen molar-refractivity contribution in [3.63, 3.8) is 0 Å². The lowest BCUT2D eigenvalue weighted by atomic mass is 9.83. The zero-order valence-corrected chi connectivity index (χ0v) is 14.8. The van der Waals surface area contributed by atoms with E-state index >= 15 is 0 Å². The highest BCUT2D eigenvalue weighted by molar-refractivity contribution is 5.88. The minimum absolute atomic E-state index is 0.0956. The van der Waals surface area contributed by atoms with E-state index < -0.39 is 0 Å². The van der Waals surface area contributed by atoms with Crippen molar-refractivity contribution in [2.75, 3.05) is 38.5 Å². The molecule has 0 aliphatic carbocycles. The van der Waals surface area contributed by atoms with Crippen LogP contribution in [0.15, 0.2) is 24.5 Å². The third-order valence-electron chi connectivity index (χ3n) is 5.33. The van der Waals surface area contributed by atoms with E-state index in [1.807, 2.05) is 24.2 Å². The quantitative estimate of drug-likeness (QED) is 0.890. The molecular weight excluding hydrogens is 318 g/mol. The summed E-state index contributed by atoms with van der Waals surface area (Å²) >= 11 is 0. The number of fused-ring (bicyclic) bond motifs is 1. The molecule has 0 spiro atoms. The lowest BCUT2D eigenvalue weighted by Crippen LogP contribution is -2.37. The zero-order valence-electron chi connectivity index (χ0n) is 14.8. The SMILES string of the molecule is CN1C[C@@H]2CN(C(=O)Nc3ccc(-c4cnn(C)c4)nn3)C[C@]2(C)C1. The number of aromatic nitrogens is 4. The summed E-state index contributed by atoms with van der Waals surface area (Å²) in [5.74, 6) is 1.01. The molecule has 2 aliphatic heterocycles. The first-order valence-corrected chi connectivity index (χ1v) is 8.50. The van der Waals surface area contributed by atoms with Gasteiger partial charge in [-0.25, -0.2) is 4.79 Å². The Morgan fingerprint density at radius 3 is 2.72 bits per heavy atom. The Labute approximate surface area is 146 Å². The van der Waals surface area contributed by atoms with E-state index in [9.17, 15) is 4.79 Å². The largest absolute Gasteiger partial charge is 0.324 e. The van der Waals surface area contributed by atoms with Gasteiger partial charge in [0.1, 0.15) is 0 Å². The Morgan fingerprint density at radius 2 is 2.08 bits per heavy atom.